The normalized spacial score (nSPS) is 10.7. The highest BCUT2D eigenvalue weighted by Gasteiger charge is 2.18. The van der Waals surface area contributed by atoms with Gasteiger partial charge in [0.1, 0.15) is 0 Å². The maximum Gasteiger partial charge on any atom is 0.269 e. The molecule has 0 saturated carbocycles. The van der Waals surface area contributed by atoms with E-state index in [-0.39, 0.29) is 17.3 Å². The largest absolute Gasteiger partial charge is 0.324 e. The van der Waals surface area contributed by atoms with Gasteiger partial charge in [-0.25, -0.2) is 0 Å². The zero-order chi connectivity index (χ0) is 23.4. The molecule has 0 aliphatic carbocycles. The van der Waals surface area contributed by atoms with Crippen molar-refractivity contribution in [3.63, 3.8) is 0 Å². The number of nitrogens with zero attached hydrogens (tertiary/aromatic N) is 4. The molecule has 4 rings (SSSR count). The number of nitro groups is 1. The minimum Gasteiger partial charge on any atom is -0.324 e. The Bertz CT molecular complexity index is 1310. The van der Waals surface area contributed by atoms with Crippen LogP contribution in [0.5, 0.6) is 0 Å². The van der Waals surface area contributed by atoms with E-state index in [2.05, 4.69) is 15.5 Å². The quantitative estimate of drug-likeness (QED) is 0.193. The van der Waals surface area contributed by atoms with E-state index < -0.39 is 4.92 Å². The minimum absolute atomic E-state index is 0.0170. The Labute approximate surface area is 202 Å². The Hall–Kier alpha value is -3.40. The average Bonchev–Trinajstić information content (AvgIpc) is 3.24. The third kappa shape index (κ3) is 5.33. The van der Waals surface area contributed by atoms with Crippen LogP contribution < -0.4 is 5.32 Å². The van der Waals surface area contributed by atoms with E-state index in [1.807, 2.05) is 30.3 Å². The Morgan fingerprint density at radius 1 is 1.03 bits per heavy atom. The van der Waals surface area contributed by atoms with Crippen molar-refractivity contribution >= 4 is 52.2 Å². The van der Waals surface area contributed by atoms with Gasteiger partial charge in [-0.05, 0) is 42.5 Å². The SMILES string of the molecule is O=C(CSc1nnc(-c2ccc([N+](=O)[O-])cc2)n1-c1ccccc1)Nc1ccc(Cl)cc1Cl. The highest BCUT2D eigenvalue weighted by atomic mass is 35.5. The van der Waals surface area contributed by atoms with Crippen molar-refractivity contribution in [2.75, 3.05) is 11.1 Å². The molecule has 1 aromatic heterocycles. The number of nitrogens with one attached hydrogen (secondary N) is 1. The molecule has 11 heteroatoms. The molecule has 33 heavy (non-hydrogen) atoms. The standard InChI is InChI=1S/C22H15Cl2N5O3S/c23-15-8-11-19(18(24)12-15)25-20(30)13-33-22-27-26-21(28(22)16-4-2-1-3-5-16)14-6-9-17(10-7-14)29(31)32/h1-12H,13H2,(H,25,30). The maximum absolute atomic E-state index is 12.5. The molecular weight excluding hydrogens is 485 g/mol. The van der Waals surface area contributed by atoms with Crippen LogP contribution in [0.4, 0.5) is 11.4 Å². The molecule has 0 spiro atoms. The molecule has 166 valence electrons. The second kappa shape index (κ2) is 10.0. The molecule has 3 aromatic carbocycles. The molecule has 0 atom stereocenters. The van der Waals surface area contributed by atoms with Crippen molar-refractivity contribution < 1.29 is 9.72 Å². The summed E-state index contributed by atoms with van der Waals surface area (Å²) in [5.41, 5.74) is 1.89. The third-order valence-corrected chi connectivity index (χ3v) is 6.00. The number of amides is 1. The van der Waals surface area contributed by atoms with Crippen molar-refractivity contribution in [1.82, 2.24) is 14.8 Å². The third-order valence-electron chi connectivity index (χ3n) is 4.52. The second-order valence-electron chi connectivity index (χ2n) is 6.74. The molecule has 0 radical (unpaired) electrons. The van der Waals surface area contributed by atoms with Gasteiger partial charge in [0.25, 0.3) is 5.69 Å². The number of non-ortho nitro benzene ring substituents is 1. The lowest BCUT2D eigenvalue weighted by Gasteiger charge is -2.11. The van der Waals surface area contributed by atoms with E-state index in [1.165, 1.54) is 23.9 Å². The van der Waals surface area contributed by atoms with Gasteiger partial charge in [-0.2, -0.15) is 0 Å². The Balaban J connectivity index is 1.59. The lowest BCUT2D eigenvalue weighted by Crippen LogP contribution is -2.15. The number of hydrogen-bond donors (Lipinski definition) is 1. The van der Waals surface area contributed by atoms with E-state index in [0.717, 1.165) is 5.69 Å². The molecule has 0 aliphatic rings. The number of benzene rings is 3. The van der Waals surface area contributed by atoms with Crippen LogP contribution >= 0.6 is 35.0 Å². The summed E-state index contributed by atoms with van der Waals surface area (Å²) in [5, 5.41) is 23.6. The molecule has 0 aliphatic heterocycles. The van der Waals surface area contributed by atoms with E-state index in [9.17, 15) is 14.9 Å². The van der Waals surface area contributed by atoms with Crippen LogP contribution in [-0.4, -0.2) is 31.3 Å². The molecule has 1 amide bonds. The number of rotatable bonds is 7. The first-order valence-electron chi connectivity index (χ1n) is 9.56. The fourth-order valence-corrected chi connectivity index (χ4v) is 4.21. The molecule has 0 fully saturated rings. The molecular formula is C22H15Cl2N5O3S. The highest BCUT2D eigenvalue weighted by molar-refractivity contribution is 7.99. The van der Waals surface area contributed by atoms with Crippen molar-refractivity contribution in [3.05, 3.63) is 93.0 Å². The molecule has 8 nitrogen and oxygen atoms in total. The van der Waals surface area contributed by atoms with Gasteiger partial charge in [0, 0.05) is 28.4 Å². The van der Waals surface area contributed by atoms with Gasteiger partial charge >= 0.3 is 0 Å². The lowest BCUT2D eigenvalue weighted by molar-refractivity contribution is -0.384. The number of carbonyl (C=O) groups excluding carboxylic acids is 1. The summed E-state index contributed by atoms with van der Waals surface area (Å²) >= 11 is 13.2. The first-order chi connectivity index (χ1) is 15.9. The Morgan fingerprint density at radius 2 is 1.76 bits per heavy atom. The number of thioether (sulfide) groups is 1. The number of halogens is 2. The summed E-state index contributed by atoms with van der Waals surface area (Å²) in [6.07, 6.45) is 0. The van der Waals surface area contributed by atoms with E-state index in [4.69, 9.17) is 23.2 Å². The predicted molar refractivity (Wildman–Crippen MR) is 129 cm³/mol. The van der Waals surface area contributed by atoms with Crippen LogP contribution in [0.2, 0.25) is 10.0 Å². The van der Waals surface area contributed by atoms with Crippen LogP contribution in [0.3, 0.4) is 0 Å². The van der Waals surface area contributed by atoms with Gasteiger partial charge in [-0.3, -0.25) is 19.5 Å². The minimum atomic E-state index is -0.460. The zero-order valence-electron chi connectivity index (χ0n) is 16.8. The number of nitro benzene ring substituents is 1. The average molecular weight is 500 g/mol. The summed E-state index contributed by atoms with van der Waals surface area (Å²) in [5.74, 6) is 0.285. The van der Waals surface area contributed by atoms with Gasteiger partial charge in [-0.1, -0.05) is 53.2 Å². The smallest absolute Gasteiger partial charge is 0.269 e. The van der Waals surface area contributed by atoms with Gasteiger partial charge in [0.05, 0.1) is 21.4 Å². The van der Waals surface area contributed by atoms with Crippen LogP contribution in [0, 0.1) is 10.1 Å². The number of aromatic nitrogens is 3. The van der Waals surface area contributed by atoms with E-state index >= 15 is 0 Å². The van der Waals surface area contributed by atoms with Crippen molar-refractivity contribution in [3.8, 4) is 17.1 Å². The summed E-state index contributed by atoms with van der Waals surface area (Å²) in [4.78, 5) is 23.0. The second-order valence-corrected chi connectivity index (χ2v) is 8.53. The van der Waals surface area contributed by atoms with Gasteiger partial charge < -0.3 is 5.32 Å². The van der Waals surface area contributed by atoms with Crippen molar-refractivity contribution in [2.45, 2.75) is 5.16 Å². The Kier molecular flexibility index (Phi) is 6.93. The molecule has 0 bridgehead atoms. The fourth-order valence-electron chi connectivity index (χ4n) is 3.00. The molecule has 0 saturated heterocycles. The van der Waals surface area contributed by atoms with Crippen molar-refractivity contribution in [2.24, 2.45) is 0 Å². The summed E-state index contributed by atoms with van der Waals surface area (Å²) in [6.45, 7) is 0. The number of hydrogen-bond acceptors (Lipinski definition) is 6. The van der Waals surface area contributed by atoms with Gasteiger partial charge in [0.15, 0.2) is 11.0 Å². The Morgan fingerprint density at radius 3 is 2.42 bits per heavy atom. The first-order valence-corrected chi connectivity index (χ1v) is 11.3. The molecule has 1 heterocycles. The van der Waals surface area contributed by atoms with Gasteiger partial charge in [0.2, 0.25) is 5.91 Å². The number of para-hydroxylation sites is 1. The van der Waals surface area contributed by atoms with E-state index in [0.29, 0.717) is 32.3 Å². The monoisotopic (exact) mass is 499 g/mol. The molecule has 0 unspecified atom stereocenters. The van der Waals surface area contributed by atoms with Crippen LogP contribution in [0.1, 0.15) is 0 Å². The summed E-state index contributed by atoms with van der Waals surface area (Å²) < 4.78 is 1.80. The predicted octanol–water partition coefficient (Wildman–Crippen LogP) is 5.88. The van der Waals surface area contributed by atoms with E-state index in [1.54, 1.807) is 34.9 Å². The summed E-state index contributed by atoms with van der Waals surface area (Å²) in [7, 11) is 0. The molecule has 4 aromatic rings. The molecule has 1 N–H and O–H groups in total. The van der Waals surface area contributed by atoms with Gasteiger partial charge in [-0.15, -0.1) is 10.2 Å². The topological polar surface area (TPSA) is 103 Å². The number of carbonyl (C=O) groups is 1. The number of anilines is 1. The maximum atomic E-state index is 12.5. The van der Waals surface area contributed by atoms with Crippen LogP contribution in [0.15, 0.2) is 78.0 Å². The van der Waals surface area contributed by atoms with Crippen LogP contribution in [0.25, 0.3) is 17.1 Å². The highest BCUT2D eigenvalue weighted by Crippen LogP contribution is 2.30. The first kappa shape index (κ1) is 22.8. The zero-order valence-corrected chi connectivity index (χ0v) is 19.1. The summed E-state index contributed by atoms with van der Waals surface area (Å²) in [6, 6.07) is 20.3. The van der Waals surface area contributed by atoms with Crippen molar-refractivity contribution in [1.29, 1.82) is 0 Å². The van der Waals surface area contributed by atoms with Crippen LogP contribution in [-0.2, 0) is 4.79 Å². The lowest BCUT2D eigenvalue weighted by atomic mass is 10.2. The fraction of sp³-hybridized carbons (Fsp3) is 0.0455.